The molecule has 2 aromatic carbocycles. The van der Waals surface area contributed by atoms with Gasteiger partial charge >= 0.3 is 0 Å². The summed E-state index contributed by atoms with van der Waals surface area (Å²) in [5.41, 5.74) is 1.47. The van der Waals surface area contributed by atoms with Crippen LogP contribution in [0.3, 0.4) is 0 Å². The minimum Gasteiger partial charge on any atom is -0.492 e. The zero-order chi connectivity index (χ0) is 18.4. The maximum absolute atomic E-state index is 12.1. The molecule has 0 radical (unpaired) electrons. The first-order valence-corrected chi connectivity index (χ1v) is 8.72. The number of anilines is 2. The van der Waals surface area contributed by atoms with Crippen LogP contribution in [-0.2, 0) is 9.59 Å². The molecule has 0 atom stereocenters. The van der Waals surface area contributed by atoms with E-state index in [1.165, 1.54) is 0 Å². The third-order valence-corrected chi connectivity index (χ3v) is 4.05. The summed E-state index contributed by atoms with van der Waals surface area (Å²) in [6, 6.07) is 14.5. The van der Waals surface area contributed by atoms with Gasteiger partial charge in [-0.15, -0.1) is 0 Å². The molecule has 0 aliphatic carbocycles. The van der Waals surface area contributed by atoms with Crippen molar-refractivity contribution in [1.29, 1.82) is 0 Å². The van der Waals surface area contributed by atoms with E-state index in [-0.39, 0.29) is 18.4 Å². The van der Waals surface area contributed by atoms with Gasteiger partial charge in [-0.05, 0) is 49.7 Å². The Morgan fingerprint density at radius 3 is 2.58 bits per heavy atom. The maximum atomic E-state index is 12.1. The molecule has 26 heavy (non-hydrogen) atoms. The lowest BCUT2D eigenvalue weighted by atomic mass is 10.3. The second-order valence-electron chi connectivity index (χ2n) is 5.91. The first kappa shape index (κ1) is 17.8. The maximum Gasteiger partial charge on any atom is 0.262 e. The van der Waals surface area contributed by atoms with Crippen molar-refractivity contribution in [3.05, 3.63) is 48.5 Å². The molecule has 0 bridgehead atoms. The van der Waals surface area contributed by atoms with Crippen LogP contribution in [-0.4, -0.2) is 31.6 Å². The highest BCUT2D eigenvalue weighted by Gasteiger charge is 2.21. The average Bonchev–Trinajstić information content (AvgIpc) is 3.08. The van der Waals surface area contributed by atoms with Crippen LogP contribution in [0.1, 0.15) is 19.8 Å². The predicted octanol–water partition coefficient (Wildman–Crippen LogP) is 3.23. The van der Waals surface area contributed by atoms with Crippen molar-refractivity contribution in [2.45, 2.75) is 19.8 Å². The fraction of sp³-hybridized carbons (Fsp3) is 0.300. The molecule has 3 rings (SSSR count). The van der Waals surface area contributed by atoms with Gasteiger partial charge in [0.2, 0.25) is 5.91 Å². The number of carbonyl (C=O) groups excluding carboxylic acids is 2. The molecule has 0 aromatic heterocycles. The van der Waals surface area contributed by atoms with Crippen LogP contribution in [0.25, 0.3) is 0 Å². The summed E-state index contributed by atoms with van der Waals surface area (Å²) < 4.78 is 11.0. The highest BCUT2D eigenvalue weighted by Crippen LogP contribution is 2.25. The topological polar surface area (TPSA) is 67.9 Å². The van der Waals surface area contributed by atoms with Gasteiger partial charge in [-0.3, -0.25) is 9.59 Å². The van der Waals surface area contributed by atoms with Crippen LogP contribution in [0.2, 0.25) is 0 Å². The molecule has 0 spiro atoms. The number of para-hydroxylation sites is 2. The van der Waals surface area contributed by atoms with Crippen LogP contribution in [0.15, 0.2) is 48.5 Å². The molecule has 2 amide bonds. The van der Waals surface area contributed by atoms with Crippen LogP contribution in [0.4, 0.5) is 11.4 Å². The van der Waals surface area contributed by atoms with Crippen molar-refractivity contribution in [2.75, 3.05) is 30.0 Å². The number of hydrogen-bond acceptors (Lipinski definition) is 4. The molecule has 2 aromatic rings. The summed E-state index contributed by atoms with van der Waals surface area (Å²) >= 11 is 0. The highest BCUT2D eigenvalue weighted by atomic mass is 16.5. The van der Waals surface area contributed by atoms with Crippen LogP contribution >= 0.6 is 0 Å². The smallest absolute Gasteiger partial charge is 0.262 e. The molecular formula is C20H22N2O4. The van der Waals surface area contributed by atoms with Gasteiger partial charge in [0.1, 0.15) is 11.5 Å². The van der Waals surface area contributed by atoms with Gasteiger partial charge < -0.3 is 19.7 Å². The minimum atomic E-state index is -0.268. The van der Waals surface area contributed by atoms with E-state index in [0.717, 1.165) is 18.7 Å². The Morgan fingerprint density at radius 1 is 1.12 bits per heavy atom. The summed E-state index contributed by atoms with van der Waals surface area (Å²) in [5.74, 6) is 1.08. The Labute approximate surface area is 152 Å². The third kappa shape index (κ3) is 4.33. The number of hydrogen-bond donors (Lipinski definition) is 1. The average molecular weight is 354 g/mol. The Balaban J connectivity index is 1.54. The molecule has 1 aliphatic rings. The summed E-state index contributed by atoms with van der Waals surface area (Å²) in [5, 5.41) is 2.79. The summed E-state index contributed by atoms with van der Waals surface area (Å²) in [4.78, 5) is 25.6. The Kier molecular flexibility index (Phi) is 5.73. The van der Waals surface area contributed by atoms with Crippen molar-refractivity contribution < 1.29 is 19.1 Å². The second kappa shape index (κ2) is 8.38. The van der Waals surface area contributed by atoms with Gasteiger partial charge in [0, 0.05) is 18.7 Å². The van der Waals surface area contributed by atoms with Gasteiger partial charge in [0.05, 0.1) is 12.3 Å². The quantitative estimate of drug-likeness (QED) is 0.829. The number of amides is 2. The monoisotopic (exact) mass is 354 g/mol. The number of nitrogens with one attached hydrogen (secondary N) is 1. The Morgan fingerprint density at radius 2 is 1.88 bits per heavy atom. The molecule has 6 heteroatoms. The van der Waals surface area contributed by atoms with Gasteiger partial charge in [0.15, 0.2) is 6.61 Å². The largest absolute Gasteiger partial charge is 0.492 e. The number of carbonyl (C=O) groups is 2. The highest BCUT2D eigenvalue weighted by molar-refractivity contribution is 5.95. The number of rotatable bonds is 7. The van der Waals surface area contributed by atoms with Crippen LogP contribution < -0.4 is 19.7 Å². The van der Waals surface area contributed by atoms with E-state index in [9.17, 15) is 9.59 Å². The SMILES string of the molecule is CCOc1ccccc1NC(=O)COc1ccc(N2CCCC2=O)cc1. The summed E-state index contributed by atoms with van der Waals surface area (Å²) in [7, 11) is 0. The molecule has 1 fully saturated rings. The van der Waals surface area contributed by atoms with Crippen molar-refractivity contribution in [3.8, 4) is 11.5 Å². The molecule has 136 valence electrons. The van der Waals surface area contributed by atoms with E-state index in [2.05, 4.69) is 5.32 Å². The molecule has 0 saturated carbocycles. The normalized spacial score (nSPS) is 13.6. The zero-order valence-electron chi connectivity index (χ0n) is 14.7. The standard InChI is InChI=1S/C20H22N2O4/c1-2-25-18-7-4-3-6-17(18)21-19(23)14-26-16-11-9-15(10-12-16)22-13-5-8-20(22)24/h3-4,6-7,9-12H,2,5,8,13-14H2,1H3,(H,21,23). The van der Waals surface area contributed by atoms with Crippen LogP contribution in [0.5, 0.6) is 11.5 Å². The van der Waals surface area contributed by atoms with Crippen molar-refractivity contribution >= 4 is 23.2 Å². The predicted molar refractivity (Wildman–Crippen MR) is 99.8 cm³/mol. The van der Waals surface area contributed by atoms with E-state index in [1.54, 1.807) is 29.2 Å². The van der Waals surface area contributed by atoms with Crippen molar-refractivity contribution in [1.82, 2.24) is 0 Å². The lowest BCUT2D eigenvalue weighted by Crippen LogP contribution is -2.23. The molecule has 1 heterocycles. The number of benzene rings is 2. The molecule has 1 saturated heterocycles. The molecule has 0 unspecified atom stereocenters. The molecule has 1 N–H and O–H groups in total. The van der Waals surface area contributed by atoms with E-state index in [1.807, 2.05) is 31.2 Å². The van der Waals surface area contributed by atoms with Gasteiger partial charge in [0.25, 0.3) is 5.91 Å². The summed E-state index contributed by atoms with van der Waals surface area (Å²) in [6.07, 6.45) is 1.49. The third-order valence-electron chi connectivity index (χ3n) is 4.05. The first-order valence-electron chi connectivity index (χ1n) is 8.72. The van der Waals surface area contributed by atoms with Gasteiger partial charge in [-0.2, -0.15) is 0 Å². The Hall–Kier alpha value is -3.02. The number of ether oxygens (including phenoxy) is 2. The fourth-order valence-corrected chi connectivity index (χ4v) is 2.83. The van der Waals surface area contributed by atoms with Gasteiger partial charge in [-0.1, -0.05) is 12.1 Å². The molecule has 6 nitrogen and oxygen atoms in total. The lowest BCUT2D eigenvalue weighted by Gasteiger charge is -2.16. The van der Waals surface area contributed by atoms with Crippen molar-refractivity contribution in [2.24, 2.45) is 0 Å². The Bertz CT molecular complexity index is 774. The van der Waals surface area contributed by atoms with E-state index >= 15 is 0 Å². The van der Waals surface area contributed by atoms with Crippen molar-refractivity contribution in [3.63, 3.8) is 0 Å². The van der Waals surface area contributed by atoms with E-state index in [0.29, 0.717) is 30.2 Å². The zero-order valence-corrected chi connectivity index (χ0v) is 14.7. The molecular weight excluding hydrogens is 332 g/mol. The van der Waals surface area contributed by atoms with E-state index in [4.69, 9.17) is 9.47 Å². The second-order valence-corrected chi connectivity index (χ2v) is 5.91. The first-order chi connectivity index (χ1) is 12.7. The fourth-order valence-electron chi connectivity index (χ4n) is 2.83. The summed E-state index contributed by atoms with van der Waals surface area (Å²) in [6.45, 7) is 3.06. The lowest BCUT2D eigenvalue weighted by molar-refractivity contribution is -0.118. The van der Waals surface area contributed by atoms with Gasteiger partial charge in [-0.25, -0.2) is 0 Å². The number of nitrogens with zero attached hydrogens (tertiary/aromatic N) is 1. The molecule has 1 aliphatic heterocycles. The van der Waals surface area contributed by atoms with Crippen LogP contribution in [0, 0.1) is 0 Å². The van der Waals surface area contributed by atoms with E-state index < -0.39 is 0 Å². The minimum absolute atomic E-state index is 0.109.